The van der Waals surface area contributed by atoms with Gasteiger partial charge in [-0.05, 0) is 24.8 Å². The molecule has 1 amide bonds. The smallest absolute Gasteiger partial charge is 0.233 e. The molecule has 1 saturated heterocycles. The van der Waals surface area contributed by atoms with E-state index in [1.807, 2.05) is 17.0 Å². The highest BCUT2D eigenvalue weighted by molar-refractivity contribution is 6.17. The third-order valence-electron chi connectivity index (χ3n) is 4.96. The fourth-order valence-corrected chi connectivity index (χ4v) is 3.84. The van der Waals surface area contributed by atoms with Gasteiger partial charge in [0.15, 0.2) is 5.78 Å². The molecule has 2 fully saturated rings. The molecule has 22 heavy (non-hydrogen) atoms. The molecule has 0 N–H and O–H groups in total. The van der Waals surface area contributed by atoms with Crippen molar-refractivity contribution < 1.29 is 9.59 Å². The monoisotopic (exact) mass is 319 g/mol. The minimum absolute atomic E-state index is 0.0376. The Labute approximate surface area is 136 Å². The number of benzene rings is 1. The standard InChI is InChI=1S/C18H22ClNO2/c19-12-13-6-8-14(9-7-13)17(21)16-10-11-20(18(16)22)15-4-2-1-3-5-15/h6-9,15-16H,1-5,10-12H2. The summed E-state index contributed by atoms with van der Waals surface area (Å²) in [5.41, 5.74) is 1.61. The Morgan fingerprint density at radius 3 is 2.41 bits per heavy atom. The highest BCUT2D eigenvalue weighted by atomic mass is 35.5. The first-order chi connectivity index (χ1) is 10.7. The minimum atomic E-state index is -0.483. The molecule has 0 spiro atoms. The van der Waals surface area contributed by atoms with Crippen LogP contribution in [-0.4, -0.2) is 29.2 Å². The van der Waals surface area contributed by atoms with Gasteiger partial charge >= 0.3 is 0 Å². The average Bonchev–Trinajstić information content (AvgIpc) is 2.96. The summed E-state index contributed by atoms with van der Waals surface area (Å²) in [6.07, 6.45) is 6.52. The molecule has 118 valence electrons. The van der Waals surface area contributed by atoms with E-state index in [-0.39, 0.29) is 11.7 Å². The molecule has 1 saturated carbocycles. The molecule has 0 aromatic heterocycles. The summed E-state index contributed by atoms with van der Waals surface area (Å²) in [5, 5.41) is 0. The zero-order valence-electron chi connectivity index (χ0n) is 12.8. The van der Waals surface area contributed by atoms with Crippen molar-refractivity contribution in [2.75, 3.05) is 6.54 Å². The number of Topliss-reactive ketones (excluding diaryl/α,β-unsaturated/α-hetero) is 1. The van der Waals surface area contributed by atoms with Crippen LogP contribution in [0.3, 0.4) is 0 Å². The molecule has 0 bridgehead atoms. The Bertz CT molecular complexity index is 549. The van der Waals surface area contributed by atoms with Crippen LogP contribution in [0, 0.1) is 5.92 Å². The molecule has 1 aromatic rings. The maximum absolute atomic E-state index is 12.6. The molecular formula is C18H22ClNO2. The Morgan fingerprint density at radius 1 is 1.09 bits per heavy atom. The van der Waals surface area contributed by atoms with E-state index in [1.165, 1.54) is 19.3 Å². The van der Waals surface area contributed by atoms with Gasteiger partial charge in [0.05, 0.1) is 0 Å². The van der Waals surface area contributed by atoms with Gasteiger partial charge in [-0.1, -0.05) is 43.5 Å². The van der Waals surface area contributed by atoms with E-state index < -0.39 is 5.92 Å². The Hall–Kier alpha value is -1.35. The third-order valence-corrected chi connectivity index (χ3v) is 5.27. The summed E-state index contributed by atoms with van der Waals surface area (Å²) in [5.74, 6) is -0.0433. The molecule has 0 radical (unpaired) electrons. The lowest BCUT2D eigenvalue weighted by atomic mass is 9.93. The van der Waals surface area contributed by atoms with Crippen LogP contribution in [0.1, 0.15) is 54.4 Å². The van der Waals surface area contributed by atoms with E-state index in [0.717, 1.165) is 24.9 Å². The van der Waals surface area contributed by atoms with Crippen LogP contribution >= 0.6 is 11.6 Å². The van der Waals surface area contributed by atoms with Crippen molar-refractivity contribution in [3.05, 3.63) is 35.4 Å². The predicted molar refractivity (Wildman–Crippen MR) is 87.0 cm³/mol. The van der Waals surface area contributed by atoms with Crippen LogP contribution in [0.15, 0.2) is 24.3 Å². The molecule has 3 nitrogen and oxygen atoms in total. The van der Waals surface area contributed by atoms with Crippen LogP contribution in [0.4, 0.5) is 0 Å². The minimum Gasteiger partial charge on any atom is -0.339 e. The summed E-state index contributed by atoms with van der Waals surface area (Å²) in [6.45, 7) is 0.736. The summed E-state index contributed by atoms with van der Waals surface area (Å²) in [6, 6.07) is 7.65. The molecule has 2 aliphatic rings. The Morgan fingerprint density at radius 2 is 1.77 bits per heavy atom. The van der Waals surface area contributed by atoms with Crippen molar-refractivity contribution in [2.45, 2.75) is 50.4 Å². The van der Waals surface area contributed by atoms with E-state index in [9.17, 15) is 9.59 Å². The number of carbonyl (C=O) groups is 2. The summed E-state index contributed by atoms with van der Waals surface area (Å²) in [4.78, 5) is 27.2. The molecule has 1 unspecified atom stereocenters. The second kappa shape index (κ2) is 6.82. The topological polar surface area (TPSA) is 37.4 Å². The van der Waals surface area contributed by atoms with E-state index in [0.29, 0.717) is 23.9 Å². The second-order valence-corrected chi connectivity index (χ2v) is 6.63. The second-order valence-electron chi connectivity index (χ2n) is 6.36. The fraction of sp³-hybridized carbons (Fsp3) is 0.556. The van der Waals surface area contributed by atoms with Gasteiger partial charge in [0, 0.05) is 24.0 Å². The molecule has 1 atom stereocenters. The van der Waals surface area contributed by atoms with Crippen LogP contribution < -0.4 is 0 Å². The van der Waals surface area contributed by atoms with Crippen molar-refractivity contribution in [2.24, 2.45) is 5.92 Å². The SMILES string of the molecule is O=C(c1ccc(CCl)cc1)C1CCN(C2CCCCC2)C1=O. The highest BCUT2D eigenvalue weighted by Crippen LogP contribution is 2.30. The summed E-state index contributed by atoms with van der Waals surface area (Å²) < 4.78 is 0. The molecule has 4 heteroatoms. The van der Waals surface area contributed by atoms with Crippen LogP contribution in [0.5, 0.6) is 0 Å². The molecule has 3 rings (SSSR count). The van der Waals surface area contributed by atoms with Gasteiger partial charge in [-0.25, -0.2) is 0 Å². The van der Waals surface area contributed by atoms with Gasteiger partial charge in [-0.2, -0.15) is 0 Å². The average molecular weight is 320 g/mol. The van der Waals surface area contributed by atoms with E-state index in [2.05, 4.69) is 0 Å². The number of hydrogen-bond acceptors (Lipinski definition) is 2. The van der Waals surface area contributed by atoms with E-state index in [1.54, 1.807) is 12.1 Å². The lowest BCUT2D eigenvalue weighted by molar-refractivity contribution is -0.132. The molecule has 1 aliphatic heterocycles. The summed E-state index contributed by atoms with van der Waals surface area (Å²) >= 11 is 5.77. The zero-order valence-corrected chi connectivity index (χ0v) is 13.5. The van der Waals surface area contributed by atoms with Crippen molar-refractivity contribution in [3.63, 3.8) is 0 Å². The molecule has 1 heterocycles. The highest BCUT2D eigenvalue weighted by Gasteiger charge is 2.40. The lowest BCUT2D eigenvalue weighted by Crippen LogP contribution is -2.39. The number of nitrogens with zero attached hydrogens (tertiary/aromatic N) is 1. The van der Waals surface area contributed by atoms with Gasteiger partial charge in [0.25, 0.3) is 0 Å². The normalized spacial score (nSPS) is 23.0. The first-order valence-corrected chi connectivity index (χ1v) is 8.74. The van der Waals surface area contributed by atoms with Crippen LogP contribution in [-0.2, 0) is 10.7 Å². The Kier molecular flexibility index (Phi) is 4.82. The van der Waals surface area contributed by atoms with Crippen LogP contribution in [0.2, 0.25) is 0 Å². The fourth-order valence-electron chi connectivity index (χ4n) is 3.66. The number of halogens is 1. The number of ketones is 1. The molecular weight excluding hydrogens is 298 g/mol. The quantitative estimate of drug-likeness (QED) is 0.481. The summed E-state index contributed by atoms with van der Waals surface area (Å²) in [7, 11) is 0. The van der Waals surface area contributed by atoms with Gasteiger partial charge in [-0.3, -0.25) is 9.59 Å². The number of hydrogen-bond donors (Lipinski definition) is 0. The maximum Gasteiger partial charge on any atom is 0.233 e. The van der Waals surface area contributed by atoms with Crippen molar-refractivity contribution >= 4 is 23.3 Å². The van der Waals surface area contributed by atoms with Crippen molar-refractivity contribution in [3.8, 4) is 0 Å². The first kappa shape index (κ1) is 15.5. The van der Waals surface area contributed by atoms with Gasteiger partial charge < -0.3 is 4.90 Å². The van der Waals surface area contributed by atoms with Gasteiger partial charge in [-0.15, -0.1) is 11.6 Å². The number of alkyl halides is 1. The molecule has 1 aromatic carbocycles. The van der Waals surface area contributed by atoms with Gasteiger partial charge in [0.2, 0.25) is 5.91 Å². The maximum atomic E-state index is 12.6. The van der Waals surface area contributed by atoms with Crippen LogP contribution in [0.25, 0.3) is 0 Å². The number of amides is 1. The van der Waals surface area contributed by atoms with E-state index >= 15 is 0 Å². The van der Waals surface area contributed by atoms with Crippen molar-refractivity contribution in [1.82, 2.24) is 4.90 Å². The third kappa shape index (κ3) is 3.05. The zero-order chi connectivity index (χ0) is 15.5. The number of carbonyl (C=O) groups excluding carboxylic acids is 2. The van der Waals surface area contributed by atoms with Crippen molar-refractivity contribution in [1.29, 1.82) is 0 Å². The largest absolute Gasteiger partial charge is 0.339 e. The predicted octanol–water partition coefficient (Wildman–Crippen LogP) is 3.79. The van der Waals surface area contributed by atoms with Gasteiger partial charge in [0.1, 0.15) is 5.92 Å². The number of likely N-dealkylation sites (tertiary alicyclic amines) is 1. The lowest BCUT2D eigenvalue weighted by Gasteiger charge is -2.31. The Balaban J connectivity index is 1.69. The van der Waals surface area contributed by atoms with E-state index in [4.69, 9.17) is 11.6 Å². The number of rotatable bonds is 4. The molecule has 1 aliphatic carbocycles. The first-order valence-electron chi connectivity index (χ1n) is 8.20.